The highest BCUT2D eigenvalue weighted by Gasteiger charge is 2.39. The van der Waals surface area contributed by atoms with Gasteiger partial charge in [0, 0.05) is 11.5 Å². The first-order valence-corrected chi connectivity index (χ1v) is 5.34. The molecule has 1 aliphatic rings. The topological polar surface area (TPSA) is 17.1 Å². The second-order valence-electron chi connectivity index (χ2n) is 3.81. The van der Waals surface area contributed by atoms with Crippen molar-refractivity contribution in [3.63, 3.8) is 0 Å². The van der Waals surface area contributed by atoms with Gasteiger partial charge in [0.2, 0.25) is 0 Å². The van der Waals surface area contributed by atoms with Crippen LogP contribution in [0, 0.1) is 11.8 Å². The molecule has 0 heterocycles. The lowest BCUT2D eigenvalue weighted by atomic mass is 10.1. The largest absolute Gasteiger partial charge is 0.294 e. The summed E-state index contributed by atoms with van der Waals surface area (Å²) in [6, 6.07) is 5.06. The van der Waals surface area contributed by atoms with Crippen molar-refractivity contribution < 1.29 is 4.79 Å². The number of ketones is 1. The zero-order valence-electron chi connectivity index (χ0n) is 7.76. The van der Waals surface area contributed by atoms with E-state index in [1.165, 1.54) is 0 Å². The normalized spacial score (nSPS) is 24.8. The van der Waals surface area contributed by atoms with Gasteiger partial charge in [0.25, 0.3) is 0 Å². The molecule has 1 aromatic rings. The number of carbonyl (C=O) groups is 1. The van der Waals surface area contributed by atoms with E-state index in [0.717, 1.165) is 6.42 Å². The van der Waals surface area contributed by atoms with Crippen LogP contribution < -0.4 is 0 Å². The molecule has 0 amide bonds. The first-order chi connectivity index (χ1) is 6.59. The average Bonchev–Trinajstić information content (AvgIpc) is 2.86. The Kier molecular flexibility index (Phi) is 2.54. The van der Waals surface area contributed by atoms with Crippen LogP contribution in [0.4, 0.5) is 0 Å². The maximum atomic E-state index is 11.8. The summed E-state index contributed by atoms with van der Waals surface area (Å²) >= 11 is 11.6. The van der Waals surface area contributed by atoms with E-state index in [-0.39, 0.29) is 11.7 Å². The molecule has 0 N–H and O–H groups in total. The molecule has 0 spiro atoms. The minimum Gasteiger partial charge on any atom is -0.294 e. The van der Waals surface area contributed by atoms with Gasteiger partial charge in [0.05, 0.1) is 10.0 Å². The SMILES string of the molecule is C[C@H]1CC1C(=O)c1ccc(Cl)c(Cl)c1. The van der Waals surface area contributed by atoms with Crippen molar-refractivity contribution in [2.75, 3.05) is 0 Å². The van der Waals surface area contributed by atoms with E-state index in [9.17, 15) is 4.79 Å². The van der Waals surface area contributed by atoms with Crippen molar-refractivity contribution in [3.8, 4) is 0 Å². The third kappa shape index (κ3) is 1.79. The van der Waals surface area contributed by atoms with Gasteiger partial charge in [0.15, 0.2) is 5.78 Å². The van der Waals surface area contributed by atoms with Crippen LogP contribution >= 0.6 is 23.2 Å². The quantitative estimate of drug-likeness (QED) is 0.704. The predicted octanol–water partition coefficient (Wildman–Crippen LogP) is 3.83. The fourth-order valence-electron chi connectivity index (χ4n) is 1.55. The molecule has 0 saturated heterocycles. The lowest BCUT2D eigenvalue weighted by Gasteiger charge is -2.01. The minimum atomic E-state index is 0.191. The molecule has 74 valence electrons. The molecule has 2 atom stereocenters. The molecule has 0 aromatic heterocycles. The van der Waals surface area contributed by atoms with Gasteiger partial charge in [-0.2, -0.15) is 0 Å². The zero-order chi connectivity index (χ0) is 10.3. The highest BCUT2D eigenvalue weighted by molar-refractivity contribution is 6.42. The van der Waals surface area contributed by atoms with Gasteiger partial charge in [-0.05, 0) is 30.5 Å². The molecule has 3 heteroatoms. The van der Waals surface area contributed by atoms with E-state index in [4.69, 9.17) is 23.2 Å². The molecule has 0 bridgehead atoms. The summed E-state index contributed by atoms with van der Waals surface area (Å²) in [4.78, 5) is 11.8. The van der Waals surface area contributed by atoms with Gasteiger partial charge < -0.3 is 0 Å². The van der Waals surface area contributed by atoms with Crippen molar-refractivity contribution in [3.05, 3.63) is 33.8 Å². The third-order valence-electron chi connectivity index (χ3n) is 2.65. The molecule has 1 aromatic carbocycles. The van der Waals surface area contributed by atoms with Gasteiger partial charge in [-0.1, -0.05) is 30.1 Å². The van der Waals surface area contributed by atoms with Gasteiger partial charge >= 0.3 is 0 Å². The van der Waals surface area contributed by atoms with E-state index in [2.05, 4.69) is 6.92 Å². The van der Waals surface area contributed by atoms with Gasteiger partial charge in [0.1, 0.15) is 0 Å². The van der Waals surface area contributed by atoms with Crippen molar-refractivity contribution in [2.24, 2.45) is 11.8 Å². The molecule has 1 fully saturated rings. The highest BCUT2D eigenvalue weighted by Crippen LogP contribution is 2.40. The number of halogens is 2. The van der Waals surface area contributed by atoms with Crippen LogP contribution in [0.1, 0.15) is 23.7 Å². The molecular formula is C11H10Cl2O. The second-order valence-corrected chi connectivity index (χ2v) is 4.63. The standard InChI is InChI=1S/C11H10Cl2O/c1-6-4-8(6)11(14)7-2-3-9(12)10(13)5-7/h2-3,5-6,8H,4H2,1H3/t6-,8?/m0/s1. The van der Waals surface area contributed by atoms with Gasteiger partial charge in [-0.15, -0.1) is 0 Å². The smallest absolute Gasteiger partial charge is 0.166 e. The Bertz CT molecular complexity index is 387. The summed E-state index contributed by atoms with van der Waals surface area (Å²) in [5, 5.41) is 0.942. The average molecular weight is 229 g/mol. The molecule has 1 aliphatic carbocycles. The van der Waals surface area contributed by atoms with E-state index < -0.39 is 0 Å². The Hall–Kier alpha value is -0.530. The first kappa shape index (κ1) is 10.0. The fourth-order valence-corrected chi connectivity index (χ4v) is 1.85. The molecule has 1 nitrogen and oxygen atoms in total. The minimum absolute atomic E-state index is 0.191. The Morgan fingerprint density at radius 1 is 1.36 bits per heavy atom. The van der Waals surface area contributed by atoms with E-state index in [1.807, 2.05) is 0 Å². The number of rotatable bonds is 2. The molecule has 1 unspecified atom stereocenters. The molecule has 2 rings (SSSR count). The molecule has 0 radical (unpaired) electrons. The van der Waals surface area contributed by atoms with E-state index >= 15 is 0 Å². The van der Waals surface area contributed by atoms with Crippen LogP contribution in [0.2, 0.25) is 10.0 Å². The van der Waals surface area contributed by atoms with Gasteiger partial charge in [-0.3, -0.25) is 4.79 Å². The van der Waals surface area contributed by atoms with E-state index in [0.29, 0.717) is 21.5 Å². The van der Waals surface area contributed by atoms with Crippen LogP contribution in [0.25, 0.3) is 0 Å². The molecule has 0 aliphatic heterocycles. The van der Waals surface area contributed by atoms with Crippen molar-refractivity contribution in [1.29, 1.82) is 0 Å². The van der Waals surface area contributed by atoms with Gasteiger partial charge in [-0.25, -0.2) is 0 Å². The maximum Gasteiger partial charge on any atom is 0.166 e. The van der Waals surface area contributed by atoms with Crippen molar-refractivity contribution in [2.45, 2.75) is 13.3 Å². The summed E-state index contributed by atoms with van der Waals surface area (Å²) < 4.78 is 0. The summed E-state index contributed by atoms with van der Waals surface area (Å²) in [6.07, 6.45) is 0.999. The number of hydrogen-bond donors (Lipinski definition) is 0. The van der Waals surface area contributed by atoms with Crippen LogP contribution in [-0.2, 0) is 0 Å². The third-order valence-corrected chi connectivity index (χ3v) is 3.39. The Balaban J connectivity index is 2.24. The zero-order valence-corrected chi connectivity index (χ0v) is 9.27. The van der Waals surface area contributed by atoms with Crippen LogP contribution in [0.3, 0.4) is 0 Å². The Labute approximate surface area is 93.0 Å². The maximum absolute atomic E-state index is 11.8. The number of Topliss-reactive ketones (excluding diaryl/α,β-unsaturated/α-hetero) is 1. The Morgan fingerprint density at radius 3 is 2.50 bits per heavy atom. The summed E-state index contributed by atoms with van der Waals surface area (Å²) in [6.45, 7) is 2.08. The van der Waals surface area contributed by atoms with Crippen LogP contribution in [0.15, 0.2) is 18.2 Å². The van der Waals surface area contributed by atoms with Crippen LogP contribution in [0.5, 0.6) is 0 Å². The lowest BCUT2D eigenvalue weighted by Crippen LogP contribution is -2.02. The van der Waals surface area contributed by atoms with E-state index in [1.54, 1.807) is 18.2 Å². The summed E-state index contributed by atoms with van der Waals surface area (Å²) in [5.41, 5.74) is 0.675. The predicted molar refractivity (Wildman–Crippen MR) is 58.1 cm³/mol. The van der Waals surface area contributed by atoms with Crippen molar-refractivity contribution in [1.82, 2.24) is 0 Å². The monoisotopic (exact) mass is 228 g/mol. The second kappa shape index (κ2) is 3.56. The van der Waals surface area contributed by atoms with Crippen molar-refractivity contribution >= 4 is 29.0 Å². The molecular weight excluding hydrogens is 219 g/mol. The summed E-state index contributed by atoms with van der Waals surface area (Å²) in [7, 11) is 0. The number of benzene rings is 1. The fraction of sp³-hybridized carbons (Fsp3) is 0.364. The first-order valence-electron chi connectivity index (χ1n) is 4.59. The lowest BCUT2D eigenvalue weighted by molar-refractivity contribution is 0.0962. The summed E-state index contributed by atoms with van der Waals surface area (Å²) in [5.74, 6) is 0.917. The number of hydrogen-bond acceptors (Lipinski definition) is 1. The number of carbonyl (C=O) groups excluding carboxylic acids is 1. The van der Waals surface area contributed by atoms with Crippen LogP contribution in [-0.4, -0.2) is 5.78 Å². The molecule has 14 heavy (non-hydrogen) atoms. The Morgan fingerprint density at radius 2 is 2.00 bits per heavy atom. The molecule has 1 saturated carbocycles. The highest BCUT2D eigenvalue weighted by atomic mass is 35.5.